The summed E-state index contributed by atoms with van der Waals surface area (Å²) in [4.78, 5) is 0. The molecule has 2 nitrogen and oxygen atoms in total. The highest BCUT2D eigenvalue weighted by Crippen LogP contribution is 2.14. The van der Waals surface area contributed by atoms with Crippen molar-refractivity contribution < 1.29 is 4.74 Å². The van der Waals surface area contributed by atoms with Crippen molar-refractivity contribution in [2.75, 3.05) is 13.2 Å². The molecule has 16 heavy (non-hydrogen) atoms. The van der Waals surface area contributed by atoms with Crippen LogP contribution in [-0.2, 0) is 6.54 Å². The fourth-order valence-electron chi connectivity index (χ4n) is 1.32. The van der Waals surface area contributed by atoms with Crippen molar-refractivity contribution in [1.82, 2.24) is 5.32 Å². The zero-order chi connectivity index (χ0) is 11.8. The highest BCUT2D eigenvalue weighted by molar-refractivity contribution is 9.11. The van der Waals surface area contributed by atoms with E-state index in [1.165, 1.54) is 5.56 Å². The van der Waals surface area contributed by atoms with Gasteiger partial charge in [-0.15, -0.1) is 0 Å². The van der Waals surface area contributed by atoms with Crippen LogP contribution in [0, 0.1) is 0 Å². The first-order chi connectivity index (χ1) is 7.72. The molecule has 0 aliphatic carbocycles. The summed E-state index contributed by atoms with van der Waals surface area (Å²) in [5.41, 5.74) is 1.24. The molecule has 0 fully saturated rings. The van der Waals surface area contributed by atoms with Gasteiger partial charge in [0.2, 0.25) is 0 Å². The molecule has 1 N–H and O–H groups in total. The SMILES string of the molecule is C=C(Br)COc1cccc(CNCCC)c1. The Hall–Kier alpha value is -0.800. The van der Waals surface area contributed by atoms with Gasteiger partial charge >= 0.3 is 0 Å². The van der Waals surface area contributed by atoms with Crippen molar-refractivity contribution >= 4 is 15.9 Å². The number of ether oxygens (including phenoxy) is 1. The lowest BCUT2D eigenvalue weighted by Gasteiger charge is -2.08. The van der Waals surface area contributed by atoms with Crippen LogP contribution in [-0.4, -0.2) is 13.2 Å². The van der Waals surface area contributed by atoms with Crippen molar-refractivity contribution in [2.45, 2.75) is 19.9 Å². The summed E-state index contributed by atoms with van der Waals surface area (Å²) in [5.74, 6) is 0.886. The van der Waals surface area contributed by atoms with Gasteiger partial charge < -0.3 is 10.1 Å². The molecule has 88 valence electrons. The predicted molar refractivity (Wildman–Crippen MR) is 72.0 cm³/mol. The summed E-state index contributed by atoms with van der Waals surface area (Å²) in [7, 11) is 0. The minimum absolute atomic E-state index is 0.506. The smallest absolute Gasteiger partial charge is 0.120 e. The standard InChI is InChI=1S/C13H18BrNO/c1-3-7-15-9-12-5-4-6-13(8-12)16-10-11(2)14/h4-6,8,15H,2-3,7,9-10H2,1H3. The van der Waals surface area contributed by atoms with E-state index in [-0.39, 0.29) is 0 Å². The van der Waals surface area contributed by atoms with Gasteiger partial charge in [-0.3, -0.25) is 0 Å². The molecule has 0 aliphatic rings. The minimum atomic E-state index is 0.506. The van der Waals surface area contributed by atoms with E-state index >= 15 is 0 Å². The zero-order valence-electron chi connectivity index (χ0n) is 9.63. The number of benzene rings is 1. The molecule has 0 saturated carbocycles. The Morgan fingerprint density at radius 1 is 1.50 bits per heavy atom. The van der Waals surface area contributed by atoms with Gasteiger partial charge in [0.1, 0.15) is 12.4 Å². The van der Waals surface area contributed by atoms with Crippen LogP contribution in [0.4, 0.5) is 0 Å². The van der Waals surface area contributed by atoms with Crippen LogP contribution >= 0.6 is 15.9 Å². The van der Waals surface area contributed by atoms with E-state index in [2.05, 4.69) is 46.9 Å². The molecule has 0 saturated heterocycles. The van der Waals surface area contributed by atoms with E-state index in [4.69, 9.17) is 4.74 Å². The lowest BCUT2D eigenvalue weighted by atomic mass is 10.2. The molecule has 0 aromatic heterocycles. The first kappa shape index (κ1) is 13.3. The maximum atomic E-state index is 5.54. The summed E-state index contributed by atoms with van der Waals surface area (Å²) in [6, 6.07) is 8.12. The Morgan fingerprint density at radius 2 is 2.31 bits per heavy atom. The second-order valence-electron chi connectivity index (χ2n) is 3.63. The van der Waals surface area contributed by atoms with Gasteiger partial charge in [0, 0.05) is 11.0 Å². The number of rotatable bonds is 7. The summed E-state index contributed by atoms with van der Waals surface area (Å²) < 4.78 is 6.39. The Balaban J connectivity index is 2.46. The van der Waals surface area contributed by atoms with Gasteiger partial charge in [0.15, 0.2) is 0 Å². The van der Waals surface area contributed by atoms with Gasteiger partial charge in [-0.1, -0.05) is 41.6 Å². The Labute approximate surface area is 106 Å². The summed E-state index contributed by atoms with van der Waals surface area (Å²) in [6.45, 7) is 8.33. The van der Waals surface area contributed by atoms with Crippen LogP contribution in [0.15, 0.2) is 35.3 Å². The zero-order valence-corrected chi connectivity index (χ0v) is 11.2. The number of halogens is 1. The molecular weight excluding hydrogens is 266 g/mol. The average Bonchev–Trinajstić information content (AvgIpc) is 2.27. The van der Waals surface area contributed by atoms with Crippen LogP contribution in [0.25, 0.3) is 0 Å². The van der Waals surface area contributed by atoms with Crippen molar-refractivity contribution in [3.05, 3.63) is 40.9 Å². The normalized spacial score (nSPS) is 10.1. The van der Waals surface area contributed by atoms with E-state index in [9.17, 15) is 0 Å². The third-order valence-corrected chi connectivity index (χ3v) is 2.28. The Kier molecular flexibility index (Phi) is 6.19. The molecule has 0 bridgehead atoms. The van der Waals surface area contributed by atoms with Crippen molar-refractivity contribution in [3.8, 4) is 5.75 Å². The maximum Gasteiger partial charge on any atom is 0.120 e. The van der Waals surface area contributed by atoms with E-state index in [1.54, 1.807) is 0 Å². The van der Waals surface area contributed by atoms with E-state index < -0.39 is 0 Å². The van der Waals surface area contributed by atoms with Crippen LogP contribution in [0.2, 0.25) is 0 Å². The molecule has 0 atom stereocenters. The van der Waals surface area contributed by atoms with E-state index in [0.29, 0.717) is 6.61 Å². The number of nitrogens with one attached hydrogen (secondary N) is 1. The lowest BCUT2D eigenvalue weighted by Crippen LogP contribution is -2.13. The molecule has 1 aromatic rings. The second-order valence-corrected chi connectivity index (χ2v) is 4.75. The molecule has 3 heteroatoms. The Morgan fingerprint density at radius 3 is 3.00 bits per heavy atom. The molecule has 0 heterocycles. The van der Waals surface area contributed by atoms with Crippen molar-refractivity contribution in [2.24, 2.45) is 0 Å². The molecule has 0 amide bonds. The van der Waals surface area contributed by atoms with E-state index in [1.807, 2.05) is 12.1 Å². The summed E-state index contributed by atoms with van der Waals surface area (Å²) in [6.07, 6.45) is 1.15. The number of hydrogen-bond acceptors (Lipinski definition) is 2. The third kappa shape index (κ3) is 5.33. The molecule has 0 aliphatic heterocycles. The summed E-state index contributed by atoms with van der Waals surface area (Å²) >= 11 is 3.27. The third-order valence-electron chi connectivity index (χ3n) is 2.05. The highest BCUT2D eigenvalue weighted by atomic mass is 79.9. The van der Waals surface area contributed by atoms with Gasteiger partial charge in [-0.05, 0) is 30.7 Å². The van der Waals surface area contributed by atoms with Crippen LogP contribution in [0.5, 0.6) is 5.75 Å². The Bertz CT molecular complexity index is 338. The lowest BCUT2D eigenvalue weighted by molar-refractivity contribution is 0.360. The fourth-order valence-corrected chi connectivity index (χ4v) is 1.43. The van der Waals surface area contributed by atoms with Gasteiger partial charge in [0.05, 0.1) is 0 Å². The van der Waals surface area contributed by atoms with Gasteiger partial charge in [-0.25, -0.2) is 0 Å². The fraction of sp³-hybridized carbons (Fsp3) is 0.385. The minimum Gasteiger partial charge on any atom is -0.488 e. The first-order valence-corrected chi connectivity index (χ1v) is 6.27. The molecule has 1 rings (SSSR count). The van der Waals surface area contributed by atoms with Gasteiger partial charge in [0.25, 0.3) is 0 Å². The molecule has 0 radical (unpaired) electrons. The topological polar surface area (TPSA) is 21.3 Å². The number of hydrogen-bond donors (Lipinski definition) is 1. The maximum absolute atomic E-state index is 5.54. The van der Waals surface area contributed by atoms with Crippen molar-refractivity contribution in [1.29, 1.82) is 0 Å². The molecule has 0 spiro atoms. The second kappa shape index (κ2) is 7.47. The quantitative estimate of drug-likeness (QED) is 0.774. The van der Waals surface area contributed by atoms with E-state index in [0.717, 1.165) is 29.7 Å². The van der Waals surface area contributed by atoms with Crippen molar-refractivity contribution in [3.63, 3.8) is 0 Å². The average molecular weight is 284 g/mol. The largest absolute Gasteiger partial charge is 0.488 e. The monoisotopic (exact) mass is 283 g/mol. The van der Waals surface area contributed by atoms with Crippen LogP contribution in [0.3, 0.4) is 0 Å². The first-order valence-electron chi connectivity index (χ1n) is 5.48. The molecule has 1 aromatic carbocycles. The van der Waals surface area contributed by atoms with Crippen LogP contribution < -0.4 is 10.1 Å². The predicted octanol–water partition coefficient (Wildman–Crippen LogP) is 3.47. The molecule has 0 unspecified atom stereocenters. The van der Waals surface area contributed by atoms with Crippen LogP contribution in [0.1, 0.15) is 18.9 Å². The summed E-state index contributed by atoms with van der Waals surface area (Å²) in [5, 5.41) is 3.36. The van der Waals surface area contributed by atoms with Gasteiger partial charge in [-0.2, -0.15) is 0 Å². The highest BCUT2D eigenvalue weighted by Gasteiger charge is 1.97. The molecular formula is C13H18BrNO.